The van der Waals surface area contributed by atoms with Gasteiger partial charge in [-0.3, -0.25) is 0 Å². The Bertz CT molecular complexity index is 540. The number of furan rings is 1. The number of hydrogen-bond donors (Lipinski definition) is 1. The van der Waals surface area contributed by atoms with Gasteiger partial charge in [-0.2, -0.15) is 0 Å². The Hall–Kier alpha value is -1.35. The molecule has 3 heteroatoms. The minimum atomic E-state index is -0.173. The zero-order chi connectivity index (χ0) is 11.3. The maximum Gasteiger partial charge on any atom is 0.134 e. The molecule has 1 saturated carbocycles. The van der Waals surface area contributed by atoms with Crippen molar-refractivity contribution in [2.24, 2.45) is 5.73 Å². The fourth-order valence-corrected chi connectivity index (χ4v) is 2.59. The lowest BCUT2D eigenvalue weighted by atomic mass is 9.87. The molecule has 0 bridgehead atoms. The molecule has 1 unspecified atom stereocenters. The molecule has 0 radical (unpaired) electrons. The van der Waals surface area contributed by atoms with Crippen LogP contribution < -0.4 is 5.73 Å². The van der Waals surface area contributed by atoms with Crippen LogP contribution in [0.2, 0.25) is 0 Å². The van der Waals surface area contributed by atoms with E-state index in [1.807, 2.05) is 13.0 Å². The summed E-state index contributed by atoms with van der Waals surface area (Å²) in [6.07, 6.45) is 3.53. The molecule has 1 fully saturated rings. The molecule has 84 valence electrons. The third kappa shape index (κ3) is 1.15. The van der Waals surface area contributed by atoms with Crippen molar-refractivity contribution in [3.8, 4) is 0 Å². The highest BCUT2D eigenvalue weighted by atomic mass is 19.1. The van der Waals surface area contributed by atoms with Crippen molar-refractivity contribution in [1.29, 1.82) is 0 Å². The Kier molecular flexibility index (Phi) is 1.89. The van der Waals surface area contributed by atoms with Crippen LogP contribution in [0.5, 0.6) is 0 Å². The first kappa shape index (κ1) is 9.85. The van der Waals surface area contributed by atoms with E-state index in [0.717, 1.165) is 29.4 Å². The van der Waals surface area contributed by atoms with Crippen molar-refractivity contribution in [2.75, 3.05) is 0 Å². The van der Waals surface area contributed by atoms with Crippen molar-refractivity contribution >= 4 is 11.0 Å². The fraction of sp³-hybridized carbons (Fsp3) is 0.385. The summed E-state index contributed by atoms with van der Waals surface area (Å²) >= 11 is 0. The standard InChI is InChI=1S/C13H14FNO/c1-8(15)13(5-6-13)12-9-4-7-16-11(9)3-2-10(12)14/h2-4,7-8H,5-6,15H2,1H3. The number of halogens is 1. The predicted molar refractivity (Wildman–Crippen MR) is 60.7 cm³/mol. The molecule has 3 rings (SSSR count). The summed E-state index contributed by atoms with van der Waals surface area (Å²) in [5, 5.41) is 0.870. The minimum absolute atomic E-state index is 0.0255. The van der Waals surface area contributed by atoms with Gasteiger partial charge >= 0.3 is 0 Å². The predicted octanol–water partition coefficient (Wildman–Crippen LogP) is 2.95. The second-order valence-corrected chi connectivity index (χ2v) is 4.70. The van der Waals surface area contributed by atoms with Crippen molar-refractivity contribution in [2.45, 2.75) is 31.2 Å². The molecule has 2 aromatic rings. The van der Waals surface area contributed by atoms with Crippen molar-refractivity contribution in [3.05, 3.63) is 35.8 Å². The molecule has 0 aliphatic heterocycles. The Labute approximate surface area is 93.2 Å². The third-order valence-electron chi connectivity index (χ3n) is 3.74. The van der Waals surface area contributed by atoms with Crippen LogP contribution in [0.3, 0.4) is 0 Å². The van der Waals surface area contributed by atoms with Gasteiger partial charge in [0, 0.05) is 22.4 Å². The molecule has 2 N–H and O–H groups in total. The largest absolute Gasteiger partial charge is 0.464 e. The van der Waals surface area contributed by atoms with Gasteiger partial charge in [0.1, 0.15) is 11.4 Å². The maximum absolute atomic E-state index is 14.0. The average Bonchev–Trinajstić information content (AvgIpc) is 2.90. The summed E-state index contributed by atoms with van der Waals surface area (Å²) < 4.78 is 19.3. The zero-order valence-corrected chi connectivity index (χ0v) is 9.16. The first-order chi connectivity index (χ1) is 7.65. The monoisotopic (exact) mass is 219 g/mol. The van der Waals surface area contributed by atoms with Crippen LogP contribution in [-0.2, 0) is 5.41 Å². The second kappa shape index (κ2) is 3.08. The third-order valence-corrected chi connectivity index (χ3v) is 3.74. The van der Waals surface area contributed by atoms with E-state index in [9.17, 15) is 4.39 Å². The van der Waals surface area contributed by atoms with Crippen LogP contribution in [0.15, 0.2) is 28.9 Å². The lowest BCUT2D eigenvalue weighted by Crippen LogP contribution is -2.32. The number of nitrogens with two attached hydrogens (primary N) is 1. The van der Waals surface area contributed by atoms with E-state index in [-0.39, 0.29) is 17.3 Å². The summed E-state index contributed by atoms with van der Waals surface area (Å²) in [5.41, 5.74) is 7.31. The topological polar surface area (TPSA) is 39.2 Å². The van der Waals surface area contributed by atoms with Gasteiger partial charge in [0.2, 0.25) is 0 Å². The van der Waals surface area contributed by atoms with Gasteiger partial charge in [0.05, 0.1) is 6.26 Å². The Balaban J connectivity index is 2.29. The highest BCUT2D eigenvalue weighted by Crippen LogP contribution is 2.53. The van der Waals surface area contributed by atoms with Gasteiger partial charge in [0.25, 0.3) is 0 Å². The summed E-state index contributed by atoms with van der Waals surface area (Å²) in [6, 6.07) is 4.95. The van der Waals surface area contributed by atoms with Gasteiger partial charge in [-0.15, -0.1) is 0 Å². The Morgan fingerprint density at radius 2 is 2.12 bits per heavy atom. The SMILES string of the molecule is CC(N)C1(c2c(F)ccc3occc23)CC1. The van der Waals surface area contributed by atoms with Crippen LogP contribution in [0, 0.1) is 5.82 Å². The van der Waals surface area contributed by atoms with Gasteiger partial charge < -0.3 is 10.2 Å². The highest BCUT2D eigenvalue weighted by molar-refractivity contribution is 5.83. The molecule has 16 heavy (non-hydrogen) atoms. The lowest BCUT2D eigenvalue weighted by Gasteiger charge is -2.21. The molecule has 0 spiro atoms. The maximum atomic E-state index is 14.0. The number of rotatable bonds is 2. The number of hydrogen-bond acceptors (Lipinski definition) is 2. The van der Waals surface area contributed by atoms with Crippen LogP contribution in [0.1, 0.15) is 25.3 Å². The summed E-state index contributed by atoms with van der Waals surface area (Å²) in [6.45, 7) is 1.95. The number of fused-ring (bicyclic) bond motifs is 1. The van der Waals surface area contributed by atoms with E-state index in [2.05, 4.69) is 0 Å². The molecule has 1 atom stereocenters. The molecule has 1 aliphatic rings. The first-order valence-corrected chi connectivity index (χ1v) is 5.57. The van der Waals surface area contributed by atoms with Gasteiger partial charge in [-0.1, -0.05) is 0 Å². The van der Waals surface area contributed by atoms with E-state index in [4.69, 9.17) is 10.2 Å². The van der Waals surface area contributed by atoms with E-state index >= 15 is 0 Å². The van der Waals surface area contributed by atoms with E-state index < -0.39 is 0 Å². The molecule has 2 nitrogen and oxygen atoms in total. The highest BCUT2D eigenvalue weighted by Gasteiger charge is 2.50. The summed E-state index contributed by atoms with van der Waals surface area (Å²) in [4.78, 5) is 0. The Morgan fingerprint density at radius 1 is 1.38 bits per heavy atom. The normalized spacial score (nSPS) is 19.9. The van der Waals surface area contributed by atoms with Gasteiger partial charge in [0.15, 0.2) is 0 Å². The second-order valence-electron chi connectivity index (χ2n) is 4.70. The smallest absolute Gasteiger partial charge is 0.134 e. The number of benzene rings is 1. The summed E-state index contributed by atoms with van der Waals surface area (Å²) in [7, 11) is 0. The van der Waals surface area contributed by atoms with Crippen LogP contribution >= 0.6 is 0 Å². The molecule has 0 saturated heterocycles. The molecule has 1 aromatic carbocycles. The molecular weight excluding hydrogens is 205 g/mol. The molecule has 1 aromatic heterocycles. The van der Waals surface area contributed by atoms with Crippen LogP contribution in [0.4, 0.5) is 4.39 Å². The van der Waals surface area contributed by atoms with E-state index in [1.54, 1.807) is 12.3 Å². The fourth-order valence-electron chi connectivity index (χ4n) is 2.59. The van der Waals surface area contributed by atoms with Crippen molar-refractivity contribution in [1.82, 2.24) is 0 Å². The van der Waals surface area contributed by atoms with Crippen molar-refractivity contribution in [3.63, 3.8) is 0 Å². The molecule has 1 aliphatic carbocycles. The average molecular weight is 219 g/mol. The van der Waals surface area contributed by atoms with Crippen molar-refractivity contribution < 1.29 is 8.81 Å². The Morgan fingerprint density at radius 3 is 2.75 bits per heavy atom. The quantitative estimate of drug-likeness (QED) is 0.843. The molecule has 0 amide bonds. The van der Waals surface area contributed by atoms with Crippen LogP contribution in [-0.4, -0.2) is 6.04 Å². The first-order valence-electron chi connectivity index (χ1n) is 5.57. The van der Waals surface area contributed by atoms with E-state index in [1.165, 1.54) is 6.07 Å². The summed E-state index contributed by atoms with van der Waals surface area (Å²) in [5.74, 6) is -0.163. The van der Waals surface area contributed by atoms with Crippen LogP contribution in [0.25, 0.3) is 11.0 Å². The lowest BCUT2D eigenvalue weighted by molar-refractivity contribution is 0.516. The van der Waals surface area contributed by atoms with E-state index in [0.29, 0.717) is 0 Å². The van der Waals surface area contributed by atoms with Gasteiger partial charge in [-0.25, -0.2) is 4.39 Å². The molecule has 1 heterocycles. The zero-order valence-electron chi connectivity index (χ0n) is 9.16. The molecular formula is C13H14FNO. The van der Waals surface area contributed by atoms with Gasteiger partial charge in [-0.05, 0) is 38.0 Å². The minimum Gasteiger partial charge on any atom is -0.464 e.